The predicted molar refractivity (Wildman–Crippen MR) is 68.2 cm³/mol. The number of benzene rings is 1. The molecular formula is C13H10N4O. The van der Waals surface area contributed by atoms with E-state index in [0.29, 0.717) is 22.7 Å². The molecule has 0 fully saturated rings. The standard InChI is InChI=1S/C13H10N4O/c18-17-13-10-7-4-8-14-12(10)15-11(16-13)9-5-2-1-3-6-9/h1-8,18H,(H,14,15,16,17). The molecule has 0 unspecified atom stereocenters. The van der Waals surface area contributed by atoms with Crippen LogP contribution in [-0.2, 0) is 0 Å². The van der Waals surface area contributed by atoms with Gasteiger partial charge in [-0.25, -0.2) is 15.0 Å². The van der Waals surface area contributed by atoms with Crippen molar-refractivity contribution in [1.29, 1.82) is 0 Å². The third kappa shape index (κ3) is 1.76. The summed E-state index contributed by atoms with van der Waals surface area (Å²) < 4.78 is 0. The van der Waals surface area contributed by atoms with Crippen LogP contribution < -0.4 is 5.48 Å². The first-order valence-electron chi connectivity index (χ1n) is 5.47. The predicted octanol–water partition coefficient (Wildman–Crippen LogP) is 2.49. The summed E-state index contributed by atoms with van der Waals surface area (Å²) in [5.41, 5.74) is 3.51. The third-order valence-corrected chi connectivity index (χ3v) is 2.61. The fraction of sp³-hybridized carbons (Fsp3) is 0. The van der Waals surface area contributed by atoms with E-state index in [1.807, 2.05) is 30.3 Å². The Morgan fingerprint density at radius 1 is 0.944 bits per heavy atom. The molecule has 0 bridgehead atoms. The van der Waals surface area contributed by atoms with Crippen molar-refractivity contribution in [3.8, 4) is 11.4 Å². The number of hydrogen-bond donors (Lipinski definition) is 2. The molecule has 0 saturated carbocycles. The third-order valence-electron chi connectivity index (χ3n) is 2.61. The van der Waals surface area contributed by atoms with Gasteiger partial charge in [0.25, 0.3) is 0 Å². The number of aromatic nitrogens is 3. The van der Waals surface area contributed by atoms with Crippen LogP contribution in [0.4, 0.5) is 5.82 Å². The summed E-state index contributed by atoms with van der Waals surface area (Å²) in [5.74, 6) is 0.880. The summed E-state index contributed by atoms with van der Waals surface area (Å²) in [5, 5.41) is 9.82. The molecule has 3 aromatic rings. The Kier molecular flexibility index (Phi) is 2.59. The molecule has 3 rings (SSSR count). The molecule has 0 radical (unpaired) electrons. The maximum Gasteiger partial charge on any atom is 0.165 e. The van der Waals surface area contributed by atoms with E-state index in [2.05, 4.69) is 20.4 Å². The van der Waals surface area contributed by atoms with Crippen molar-refractivity contribution >= 4 is 16.9 Å². The highest BCUT2D eigenvalue weighted by Gasteiger charge is 2.08. The normalized spacial score (nSPS) is 10.5. The molecule has 5 nitrogen and oxygen atoms in total. The van der Waals surface area contributed by atoms with Crippen molar-refractivity contribution in [3.05, 3.63) is 48.7 Å². The second-order valence-corrected chi connectivity index (χ2v) is 3.75. The summed E-state index contributed by atoms with van der Waals surface area (Å²) in [6, 6.07) is 13.1. The molecule has 5 heteroatoms. The van der Waals surface area contributed by atoms with E-state index in [1.165, 1.54) is 0 Å². The first kappa shape index (κ1) is 10.6. The van der Waals surface area contributed by atoms with Gasteiger partial charge in [0.05, 0.1) is 5.39 Å². The molecule has 1 aromatic carbocycles. The quantitative estimate of drug-likeness (QED) is 0.671. The fourth-order valence-corrected chi connectivity index (χ4v) is 1.76. The fourth-order valence-electron chi connectivity index (χ4n) is 1.76. The largest absolute Gasteiger partial charge is 0.290 e. The molecule has 0 aliphatic carbocycles. The lowest BCUT2D eigenvalue weighted by Crippen LogP contribution is -2.00. The van der Waals surface area contributed by atoms with E-state index >= 15 is 0 Å². The summed E-state index contributed by atoms with van der Waals surface area (Å²) >= 11 is 0. The Labute approximate surface area is 103 Å². The minimum absolute atomic E-state index is 0.354. The van der Waals surface area contributed by atoms with Crippen molar-refractivity contribution in [2.24, 2.45) is 0 Å². The molecule has 0 spiro atoms. The van der Waals surface area contributed by atoms with Crippen LogP contribution in [0.2, 0.25) is 0 Å². The van der Waals surface area contributed by atoms with Gasteiger partial charge in [-0.2, -0.15) is 0 Å². The molecule has 0 atom stereocenters. The topological polar surface area (TPSA) is 70.9 Å². The van der Waals surface area contributed by atoms with Gasteiger partial charge in [-0.15, -0.1) is 0 Å². The van der Waals surface area contributed by atoms with Crippen LogP contribution in [0.25, 0.3) is 22.4 Å². The zero-order valence-electron chi connectivity index (χ0n) is 9.41. The average Bonchev–Trinajstić information content (AvgIpc) is 2.47. The molecule has 0 aliphatic rings. The number of hydrogen-bond acceptors (Lipinski definition) is 5. The van der Waals surface area contributed by atoms with E-state index in [9.17, 15) is 0 Å². The van der Waals surface area contributed by atoms with Crippen LogP contribution >= 0.6 is 0 Å². The van der Waals surface area contributed by atoms with E-state index in [0.717, 1.165) is 5.56 Å². The molecule has 0 saturated heterocycles. The monoisotopic (exact) mass is 238 g/mol. The number of anilines is 1. The maximum absolute atomic E-state index is 9.14. The Bertz CT molecular complexity index is 685. The lowest BCUT2D eigenvalue weighted by molar-refractivity contribution is 0.387. The van der Waals surface area contributed by atoms with Crippen molar-refractivity contribution in [3.63, 3.8) is 0 Å². The summed E-state index contributed by atoms with van der Waals surface area (Å²) in [7, 11) is 0. The van der Waals surface area contributed by atoms with Gasteiger partial charge < -0.3 is 0 Å². The van der Waals surface area contributed by atoms with Gasteiger partial charge in [-0.1, -0.05) is 30.3 Å². The Morgan fingerprint density at radius 3 is 2.56 bits per heavy atom. The van der Waals surface area contributed by atoms with Crippen molar-refractivity contribution in [2.45, 2.75) is 0 Å². The van der Waals surface area contributed by atoms with E-state index in [1.54, 1.807) is 18.3 Å². The highest BCUT2D eigenvalue weighted by Crippen LogP contribution is 2.22. The Hall–Kier alpha value is -2.53. The number of rotatable bonds is 2. The molecule has 2 heterocycles. The number of pyridine rings is 1. The van der Waals surface area contributed by atoms with Crippen LogP contribution in [0.5, 0.6) is 0 Å². The first-order valence-corrected chi connectivity index (χ1v) is 5.47. The van der Waals surface area contributed by atoms with Gasteiger partial charge in [-0.3, -0.25) is 10.7 Å². The van der Waals surface area contributed by atoms with Crippen molar-refractivity contribution < 1.29 is 5.21 Å². The van der Waals surface area contributed by atoms with Crippen LogP contribution in [0.15, 0.2) is 48.7 Å². The van der Waals surface area contributed by atoms with Gasteiger partial charge in [-0.05, 0) is 12.1 Å². The Morgan fingerprint density at radius 2 is 1.78 bits per heavy atom. The molecule has 2 N–H and O–H groups in total. The summed E-state index contributed by atoms with van der Waals surface area (Å²) in [6.07, 6.45) is 1.66. The van der Waals surface area contributed by atoms with Crippen LogP contribution in [0.3, 0.4) is 0 Å². The Balaban J connectivity index is 2.26. The number of nitrogens with zero attached hydrogens (tertiary/aromatic N) is 3. The van der Waals surface area contributed by atoms with Crippen LogP contribution in [0, 0.1) is 0 Å². The summed E-state index contributed by atoms with van der Waals surface area (Å²) in [4.78, 5) is 12.8. The van der Waals surface area contributed by atoms with Crippen LogP contribution in [-0.4, -0.2) is 20.2 Å². The smallest absolute Gasteiger partial charge is 0.165 e. The van der Waals surface area contributed by atoms with Gasteiger partial charge >= 0.3 is 0 Å². The van der Waals surface area contributed by atoms with Gasteiger partial charge in [0.1, 0.15) is 0 Å². The first-order chi connectivity index (χ1) is 8.88. The van der Waals surface area contributed by atoms with Crippen molar-refractivity contribution in [2.75, 3.05) is 5.48 Å². The minimum atomic E-state index is 0.354. The molecule has 2 aromatic heterocycles. The van der Waals surface area contributed by atoms with E-state index in [-0.39, 0.29) is 0 Å². The van der Waals surface area contributed by atoms with Gasteiger partial charge in [0.2, 0.25) is 0 Å². The zero-order valence-corrected chi connectivity index (χ0v) is 9.41. The van der Waals surface area contributed by atoms with E-state index < -0.39 is 0 Å². The average molecular weight is 238 g/mol. The van der Waals surface area contributed by atoms with Gasteiger partial charge in [0, 0.05) is 11.8 Å². The number of nitrogens with one attached hydrogen (secondary N) is 1. The minimum Gasteiger partial charge on any atom is -0.290 e. The van der Waals surface area contributed by atoms with Gasteiger partial charge in [0.15, 0.2) is 17.3 Å². The highest BCUT2D eigenvalue weighted by molar-refractivity contribution is 5.87. The molecular weight excluding hydrogens is 228 g/mol. The van der Waals surface area contributed by atoms with Crippen molar-refractivity contribution in [1.82, 2.24) is 15.0 Å². The lowest BCUT2D eigenvalue weighted by atomic mass is 10.2. The number of fused-ring (bicyclic) bond motifs is 1. The second-order valence-electron chi connectivity index (χ2n) is 3.75. The molecule has 0 amide bonds. The maximum atomic E-state index is 9.14. The SMILES string of the molecule is ONc1nc(-c2ccccc2)nc2ncccc12. The summed E-state index contributed by atoms with van der Waals surface area (Å²) in [6.45, 7) is 0. The highest BCUT2D eigenvalue weighted by atomic mass is 16.5. The molecule has 88 valence electrons. The zero-order chi connectivity index (χ0) is 12.4. The van der Waals surface area contributed by atoms with Crippen LogP contribution in [0.1, 0.15) is 0 Å². The second kappa shape index (κ2) is 4.38. The molecule has 18 heavy (non-hydrogen) atoms. The molecule has 0 aliphatic heterocycles. The van der Waals surface area contributed by atoms with E-state index in [4.69, 9.17) is 5.21 Å². The lowest BCUT2D eigenvalue weighted by Gasteiger charge is -2.06.